The highest BCUT2D eigenvalue weighted by atomic mass is 35.5. The minimum atomic E-state index is -0.134. The van der Waals surface area contributed by atoms with Crippen LogP contribution >= 0.6 is 24.2 Å². The largest absolute Gasteiger partial charge is 0.466 e. The van der Waals surface area contributed by atoms with Gasteiger partial charge >= 0.3 is 5.97 Å². The first-order valence-electron chi connectivity index (χ1n) is 5.33. The van der Waals surface area contributed by atoms with E-state index in [4.69, 9.17) is 10.5 Å². The third-order valence-electron chi connectivity index (χ3n) is 2.01. The zero-order chi connectivity index (χ0) is 11.8. The molecule has 3 nitrogen and oxygen atoms in total. The number of nitrogens with two attached hydrogens (primary N) is 1. The van der Waals surface area contributed by atoms with Crippen molar-refractivity contribution in [3.05, 3.63) is 29.8 Å². The van der Waals surface area contributed by atoms with E-state index < -0.39 is 0 Å². The number of hydrogen-bond acceptors (Lipinski definition) is 4. The number of benzene rings is 1. The molecule has 0 amide bonds. The molecule has 0 bridgehead atoms. The lowest BCUT2D eigenvalue weighted by atomic mass is 10.2. The number of carbonyl (C=O) groups excluding carboxylic acids is 1. The molecule has 0 aliphatic rings. The summed E-state index contributed by atoms with van der Waals surface area (Å²) >= 11 is 1.65. The second-order valence-electron chi connectivity index (χ2n) is 3.26. The van der Waals surface area contributed by atoms with Crippen LogP contribution in [-0.4, -0.2) is 18.3 Å². The standard InChI is InChI=1S/C12H17NO2S.ClH/c1-2-15-12(14)6-7-16-11-5-3-4-10(8-11)9-13;/h3-5,8H,2,6-7,9,13H2,1H3;1H. The van der Waals surface area contributed by atoms with E-state index in [1.54, 1.807) is 11.8 Å². The molecule has 0 unspecified atom stereocenters. The third kappa shape index (κ3) is 6.56. The van der Waals surface area contributed by atoms with Crippen LogP contribution in [0.4, 0.5) is 0 Å². The van der Waals surface area contributed by atoms with Gasteiger partial charge in [-0.1, -0.05) is 12.1 Å². The topological polar surface area (TPSA) is 52.3 Å². The molecule has 0 atom stereocenters. The van der Waals surface area contributed by atoms with Crippen LogP contribution in [0, 0.1) is 0 Å². The summed E-state index contributed by atoms with van der Waals surface area (Å²) in [7, 11) is 0. The second-order valence-corrected chi connectivity index (χ2v) is 4.42. The summed E-state index contributed by atoms with van der Waals surface area (Å²) in [5, 5.41) is 0. The van der Waals surface area contributed by atoms with Crippen molar-refractivity contribution in [3.8, 4) is 0 Å². The smallest absolute Gasteiger partial charge is 0.306 e. The summed E-state index contributed by atoms with van der Waals surface area (Å²) in [6.45, 7) is 2.81. The molecule has 1 rings (SSSR count). The summed E-state index contributed by atoms with van der Waals surface area (Å²) in [5.74, 6) is 0.609. The second kappa shape index (κ2) is 9.33. The van der Waals surface area contributed by atoms with E-state index in [1.807, 2.05) is 25.1 Å². The van der Waals surface area contributed by atoms with Gasteiger partial charge in [-0.15, -0.1) is 24.2 Å². The number of carbonyl (C=O) groups is 1. The molecule has 0 aliphatic heterocycles. The first-order chi connectivity index (χ1) is 7.76. The number of thioether (sulfide) groups is 1. The molecule has 1 aromatic rings. The Morgan fingerprint density at radius 2 is 2.24 bits per heavy atom. The van der Waals surface area contributed by atoms with Gasteiger partial charge in [0.05, 0.1) is 13.0 Å². The van der Waals surface area contributed by atoms with Crippen LogP contribution in [0.5, 0.6) is 0 Å². The van der Waals surface area contributed by atoms with Crippen LogP contribution in [-0.2, 0) is 16.1 Å². The lowest BCUT2D eigenvalue weighted by molar-refractivity contribution is -0.142. The lowest BCUT2D eigenvalue weighted by Gasteiger charge is -2.03. The molecular formula is C12H18ClNO2S. The van der Waals surface area contributed by atoms with E-state index in [2.05, 4.69) is 6.07 Å². The Bertz CT molecular complexity index is 347. The van der Waals surface area contributed by atoms with E-state index in [-0.39, 0.29) is 18.4 Å². The molecular weight excluding hydrogens is 258 g/mol. The van der Waals surface area contributed by atoms with E-state index in [9.17, 15) is 4.79 Å². The Balaban J connectivity index is 0.00000256. The zero-order valence-electron chi connectivity index (χ0n) is 9.85. The summed E-state index contributed by atoms with van der Waals surface area (Å²) in [6.07, 6.45) is 0.450. The van der Waals surface area contributed by atoms with Gasteiger partial charge in [0.2, 0.25) is 0 Å². The molecule has 0 fully saturated rings. The van der Waals surface area contributed by atoms with Crippen molar-refractivity contribution in [1.29, 1.82) is 0 Å². The van der Waals surface area contributed by atoms with Crippen molar-refractivity contribution in [2.45, 2.75) is 24.8 Å². The SMILES string of the molecule is CCOC(=O)CCSc1cccc(CN)c1.Cl. The van der Waals surface area contributed by atoms with Gasteiger partial charge in [0.25, 0.3) is 0 Å². The average molecular weight is 276 g/mol. The predicted octanol–water partition coefficient (Wildman–Crippen LogP) is 2.61. The van der Waals surface area contributed by atoms with Crippen molar-refractivity contribution >= 4 is 30.1 Å². The van der Waals surface area contributed by atoms with Gasteiger partial charge in [-0.3, -0.25) is 4.79 Å². The van der Waals surface area contributed by atoms with Crippen molar-refractivity contribution in [2.75, 3.05) is 12.4 Å². The van der Waals surface area contributed by atoms with Crippen LogP contribution in [0.15, 0.2) is 29.2 Å². The fraction of sp³-hybridized carbons (Fsp3) is 0.417. The quantitative estimate of drug-likeness (QED) is 0.640. The Morgan fingerprint density at radius 1 is 1.47 bits per heavy atom. The number of rotatable bonds is 6. The fourth-order valence-electron chi connectivity index (χ4n) is 1.25. The van der Waals surface area contributed by atoms with Crippen LogP contribution in [0.1, 0.15) is 18.9 Å². The van der Waals surface area contributed by atoms with E-state index in [0.29, 0.717) is 19.6 Å². The number of hydrogen-bond donors (Lipinski definition) is 1. The Kier molecular flexibility index (Phi) is 8.94. The third-order valence-corrected chi connectivity index (χ3v) is 3.01. The maximum Gasteiger partial charge on any atom is 0.306 e. The van der Waals surface area contributed by atoms with E-state index >= 15 is 0 Å². The number of ether oxygens (including phenoxy) is 1. The van der Waals surface area contributed by atoms with Gasteiger partial charge in [-0.05, 0) is 24.6 Å². The predicted molar refractivity (Wildman–Crippen MR) is 73.6 cm³/mol. The maximum atomic E-state index is 11.1. The summed E-state index contributed by atoms with van der Waals surface area (Å²) < 4.78 is 4.85. The molecule has 1 aromatic carbocycles. The molecule has 0 aliphatic carbocycles. The van der Waals surface area contributed by atoms with Crippen LogP contribution < -0.4 is 5.73 Å². The normalized spacial score (nSPS) is 9.53. The van der Waals surface area contributed by atoms with E-state index in [0.717, 1.165) is 16.2 Å². The van der Waals surface area contributed by atoms with Gasteiger partial charge in [0, 0.05) is 17.2 Å². The van der Waals surface area contributed by atoms with Gasteiger partial charge < -0.3 is 10.5 Å². The van der Waals surface area contributed by atoms with Crippen LogP contribution in [0.25, 0.3) is 0 Å². The Morgan fingerprint density at radius 3 is 2.88 bits per heavy atom. The monoisotopic (exact) mass is 275 g/mol. The minimum Gasteiger partial charge on any atom is -0.466 e. The van der Waals surface area contributed by atoms with Crippen LogP contribution in [0.2, 0.25) is 0 Å². The highest BCUT2D eigenvalue weighted by molar-refractivity contribution is 7.99. The Labute approximate surface area is 113 Å². The van der Waals surface area contributed by atoms with Gasteiger partial charge in [0.1, 0.15) is 0 Å². The highest BCUT2D eigenvalue weighted by Crippen LogP contribution is 2.19. The molecule has 0 aromatic heterocycles. The summed E-state index contributed by atoms with van der Waals surface area (Å²) in [6, 6.07) is 8.05. The highest BCUT2D eigenvalue weighted by Gasteiger charge is 2.02. The first kappa shape index (κ1) is 16.3. The maximum absolute atomic E-state index is 11.1. The van der Waals surface area contributed by atoms with Gasteiger partial charge in [0.15, 0.2) is 0 Å². The van der Waals surface area contributed by atoms with Gasteiger partial charge in [-0.25, -0.2) is 0 Å². The molecule has 2 N–H and O–H groups in total. The lowest BCUT2D eigenvalue weighted by Crippen LogP contribution is -2.04. The molecule has 0 radical (unpaired) electrons. The summed E-state index contributed by atoms with van der Waals surface area (Å²) in [5.41, 5.74) is 6.66. The van der Waals surface area contributed by atoms with Crippen molar-refractivity contribution in [1.82, 2.24) is 0 Å². The number of esters is 1. The summed E-state index contributed by atoms with van der Waals surface area (Å²) in [4.78, 5) is 12.2. The minimum absolute atomic E-state index is 0. The Hall–Kier alpha value is -0.710. The molecule has 0 saturated carbocycles. The van der Waals surface area contributed by atoms with Gasteiger partial charge in [-0.2, -0.15) is 0 Å². The molecule has 0 heterocycles. The van der Waals surface area contributed by atoms with E-state index in [1.165, 1.54) is 0 Å². The zero-order valence-corrected chi connectivity index (χ0v) is 11.5. The molecule has 96 valence electrons. The molecule has 5 heteroatoms. The molecule has 0 saturated heterocycles. The number of halogens is 1. The van der Waals surface area contributed by atoms with Crippen molar-refractivity contribution in [2.24, 2.45) is 5.73 Å². The fourth-order valence-corrected chi connectivity index (χ4v) is 2.16. The van der Waals surface area contributed by atoms with Crippen LogP contribution in [0.3, 0.4) is 0 Å². The van der Waals surface area contributed by atoms with Crippen molar-refractivity contribution in [3.63, 3.8) is 0 Å². The average Bonchev–Trinajstić information content (AvgIpc) is 2.30. The molecule has 17 heavy (non-hydrogen) atoms. The van der Waals surface area contributed by atoms with Crippen molar-refractivity contribution < 1.29 is 9.53 Å². The first-order valence-corrected chi connectivity index (χ1v) is 6.32. The molecule has 0 spiro atoms.